The monoisotopic (exact) mass is 325 g/mol. The molecule has 0 aromatic heterocycles. The lowest BCUT2D eigenvalue weighted by Crippen LogP contribution is -2.30. The predicted molar refractivity (Wildman–Crippen MR) is 93.7 cm³/mol. The van der Waals surface area contributed by atoms with E-state index >= 15 is 0 Å². The summed E-state index contributed by atoms with van der Waals surface area (Å²) in [5.74, 6) is -1.03. The molecular weight excluding hydrogens is 302 g/mol. The molecule has 0 aliphatic heterocycles. The summed E-state index contributed by atoms with van der Waals surface area (Å²) >= 11 is 0. The van der Waals surface area contributed by atoms with Crippen molar-refractivity contribution in [3.8, 4) is 0 Å². The maximum Gasteiger partial charge on any atom is 0.305 e. The minimum atomic E-state index is -0.923. The molecule has 2 aromatic rings. The smallest absolute Gasteiger partial charge is 0.305 e. The molecule has 0 bridgehead atoms. The summed E-state index contributed by atoms with van der Waals surface area (Å²) in [7, 11) is 0. The maximum atomic E-state index is 12.2. The van der Waals surface area contributed by atoms with Gasteiger partial charge in [0.25, 0.3) is 0 Å². The molecule has 2 N–H and O–H groups in total. The van der Waals surface area contributed by atoms with Gasteiger partial charge < -0.3 is 10.4 Å². The van der Waals surface area contributed by atoms with E-state index in [0.717, 1.165) is 24.0 Å². The number of hydrogen-bond acceptors (Lipinski definition) is 2. The van der Waals surface area contributed by atoms with E-state index in [0.29, 0.717) is 6.42 Å². The maximum absolute atomic E-state index is 12.2. The number of rotatable bonds is 8. The van der Waals surface area contributed by atoms with E-state index in [1.165, 1.54) is 5.56 Å². The van der Waals surface area contributed by atoms with E-state index < -0.39 is 12.0 Å². The highest BCUT2D eigenvalue weighted by Gasteiger charge is 2.19. The SMILES string of the molecule is Cc1ccccc1C(CC(=O)O)NC(=O)CCCc1ccccc1. The van der Waals surface area contributed by atoms with Crippen LogP contribution in [0.15, 0.2) is 54.6 Å². The fourth-order valence-corrected chi connectivity index (χ4v) is 2.76. The highest BCUT2D eigenvalue weighted by atomic mass is 16.4. The van der Waals surface area contributed by atoms with Crippen LogP contribution in [-0.4, -0.2) is 17.0 Å². The molecule has 0 fully saturated rings. The van der Waals surface area contributed by atoms with Crippen LogP contribution >= 0.6 is 0 Å². The van der Waals surface area contributed by atoms with E-state index in [4.69, 9.17) is 5.11 Å². The van der Waals surface area contributed by atoms with Gasteiger partial charge in [-0.15, -0.1) is 0 Å². The van der Waals surface area contributed by atoms with E-state index in [9.17, 15) is 9.59 Å². The summed E-state index contributed by atoms with van der Waals surface area (Å²) in [5, 5.41) is 12.0. The van der Waals surface area contributed by atoms with Crippen LogP contribution in [0.3, 0.4) is 0 Å². The van der Waals surface area contributed by atoms with Crippen molar-refractivity contribution >= 4 is 11.9 Å². The molecule has 1 atom stereocenters. The standard InChI is InChI=1S/C20H23NO3/c1-15-8-5-6-12-17(15)18(14-20(23)24)21-19(22)13-7-11-16-9-3-2-4-10-16/h2-6,8-10,12,18H,7,11,13-14H2,1H3,(H,21,22)(H,23,24). The molecule has 4 nitrogen and oxygen atoms in total. The van der Waals surface area contributed by atoms with Crippen molar-refractivity contribution in [3.05, 3.63) is 71.3 Å². The topological polar surface area (TPSA) is 66.4 Å². The first kappa shape index (κ1) is 17.7. The molecule has 0 saturated heterocycles. The van der Waals surface area contributed by atoms with Gasteiger partial charge in [0, 0.05) is 6.42 Å². The quantitative estimate of drug-likeness (QED) is 0.778. The van der Waals surface area contributed by atoms with Gasteiger partial charge in [0.05, 0.1) is 12.5 Å². The molecule has 1 amide bonds. The van der Waals surface area contributed by atoms with Crippen LogP contribution in [0.4, 0.5) is 0 Å². The first-order chi connectivity index (χ1) is 11.6. The lowest BCUT2D eigenvalue weighted by Gasteiger charge is -2.19. The third kappa shape index (κ3) is 5.54. The van der Waals surface area contributed by atoms with Crippen LogP contribution < -0.4 is 5.32 Å². The Bertz CT molecular complexity index is 682. The van der Waals surface area contributed by atoms with E-state index in [-0.39, 0.29) is 12.3 Å². The van der Waals surface area contributed by atoms with Crippen molar-refractivity contribution in [1.82, 2.24) is 5.32 Å². The molecule has 2 rings (SSSR count). The van der Waals surface area contributed by atoms with Crippen LogP contribution in [0.5, 0.6) is 0 Å². The molecule has 1 unspecified atom stereocenters. The van der Waals surface area contributed by atoms with Crippen LogP contribution in [0, 0.1) is 6.92 Å². The molecule has 0 spiro atoms. The Balaban J connectivity index is 1.92. The second kappa shape index (κ2) is 8.87. The number of nitrogens with one attached hydrogen (secondary N) is 1. The number of hydrogen-bond donors (Lipinski definition) is 2. The van der Waals surface area contributed by atoms with Gasteiger partial charge in [-0.25, -0.2) is 0 Å². The average Bonchev–Trinajstić information content (AvgIpc) is 2.55. The zero-order valence-corrected chi connectivity index (χ0v) is 13.9. The summed E-state index contributed by atoms with van der Waals surface area (Å²) in [5.41, 5.74) is 3.04. The minimum Gasteiger partial charge on any atom is -0.481 e. The number of aliphatic carboxylic acids is 1. The fraction of sp³-hybridized carbons (Fsp3) is 0.300. The van der Waals surface area contributed by atoms with Gasteiger partial charge in [-0.2, -0.15) is 0 Å². The second-order valence-corrected chi connectivity index (χ2v) is 5.91. The molecule has 0 radical (unpaired) electrons. The molecule has 4 heteroatoms. The first-order valence-electron chi connectivity index (χ1n) is 8.17. The van der Waals surface area contributed by atoms with Gasteiger partial charge in [-0.1, -0.05) is 54.6 Å². The summed E-state index contributed by atoms with van der Waals surface area (Å²) in [6, 6.07) is 17.1. The Labute approximate surface area is 142 Å². The molecule has 24 heavy (non-hydrogen) atoms. The number of carbonyl (C=O) groups excluding carboxylic acids is 1. The van der Waals surface area contributed by atoms with Crippen LogP contribution in [0.25, 0.3) is 0 Å². The van der Waals surface area contributed by atoms with Crippen molar-refractivity contribution in [3.63, 3.8) is 0 Å². The molecule has 126 valence electrons. The first-order valence-corrected chi connectivity index (χ1v) is 8.17. The summed E-state index contributed by atoms with van der Waals surface area (Å²) in [6.45, 7) is 1.92. The third-order valence-corrected chi connectivity index (χ3v) is 3.99. The Kier molecular flexibility index (Phi) is 6.55. The molecule has 0 heterocycles. The van der Waals surface area contributed by atoms with Crippen molar-refractivity contribution < 1.29 is 14.7 Å². The Morgan fingerprint density at radius 2 is 1.71 bits per heavy atom. The van der Waals surface area contributed by atoms with Crippen LogP contribution in [0.1, 0.15) is 42.0 Å². The molecule has 0 aliphatic rings. The lowest BCUT2D eigenvalue weighted by atomic mass is 9.98. The Morgan fingerprint density at radius 1 is 1.04 bits per heavy atom. The van der Waals surface area contributed by atoms with Gasteiger partial charge in [-0.3, -0.25) is 9.59 Å². The van der Waals surface area contributed by atoms with Gasteiger partial charge in [0.15, 0.2) is 0 Å². The van der Waals surface area contributed by atoms with Crippen LogP contribution in [-0.2, 0) is 16.0 Å². The highest BCUT2D eigenvalue weighted by Crippen LogP contribution is 2.21. The molecule has 0 saturated carbocycles. The molecule has 2 aromatic carbocycles. The van der Waals surface area contributed by atoms with Crippen molar-refractivity contribution in [1.29, 1.82) is 0 Å². The van der Waals surface area contributed by atoms with E-state index in [1.807, 2.05) is 61.5 Å². The molecule has 0 aliphatic carbocycles. The lowest BCUT2D eigenvalue weighted by molar-refractivity contribution is -0.137. The summed E-state index contributed by atoms with van der Waals surface area (Å²) in [6.07, 6.45) is 1.85. The van der Waals surface area contributed by atoms with Gasteiger partial charge >= 0.3 is 5.97 Å². The van der Waals surface area contributed by atoms with Crippen molar-refractivity contribution in [2.75, 3.05) is 0 Å². The minimum absolute atomic E-state index is 0.111. The van der Waals surface area contributed by atoms with Gasteiger partial charge in [-0.05, 0) is 36.5 Å². The molecular formula is C20H23NO3. The normalized spacial score (nSPS) is 11.7. The Hall–Kier alpha value is -2.62. The van der Waals surface area contributed by atoms with E-state index in [1.54, 1.807) is 0 Å². The van der Waals surface area contributed by atoms with Gasteiger partial charge in [0.1, 0.15) is 0 Å². The number of carboxylic acids is 1. The van der Waals surface area contributed by atoms with E-state index in [2.05, 4.69) is 5.32 Å². The number of aryl methyl sites for hydroxylation is 2. The predicted octanol–water partition coefficient (Wildman–Crippen LogP) is 3.65. The highest BCUT2D eigenvalue weighted by molar-refractivity contribution is 5.77. The largest absolute Gasteiger partial charge is 0.481 e. The average molecular weight is 325 g/mol. The fourth-order valence-electron chi connectivity index (χ4n) is 2.76. The third-order valence-electron chi connectivity index (χ3n) is 3.99. The van der Waals surface area contributed by atoms with Crippen molar-refractivity contribution in [2.45, 2.75) is 38.6 Å². The van der Waals surface area contributed by atoms with Crippen molar-refractivity contribution in [2.24, 2.45) is 0 Å². The Morgan fingerprint density at radius 3 is 2.38 bits per heavy atom. The zero-order valence-electron chi connectivity index (χ0n) is 13.9. The summed E-state index contributed by atoms with van der Waals surface area (Å²) < 4.78 is 0. The number of amides is 1. The number of carboxylic acid groups (broad SMARTS) is 1. The summed E-state index contributed by atoms with van der Waals surface area (Å²) in [4.78, 5) is 23.3. The van der Waals surface area contributed by atoms with Crippen LogP contribution in [0.2, 0.25) is 0 Å². The zero-order chi connectivity index (χ0) is 17.4. The second-order valence-electron chi connectivity index (χ2n) is 5.91. The number of benzene rings is 2. The van der Waals surface area contributed by atoms with Gasteiger partial charge in [0.2, 0.25) is 5.91 Å². The number of carbonyl (C=O) groups is 2.